The number of aryl methyl sites for hydroxylation is 4. The fourth-order valence-electron chi connectivity index (χ4n) is 11.6. The standard InChI is InChI=1S/C23H32N2O4.C18H17NO3.C17H21N5O9S2.C16H17N3O5S/c1-7-16-13-15(3)14-17(8-2)18(16)19-20(26)24-9-11-28-12-10-25(24)21(19)29-22(27)23(4,5)6;1-2-21-17(20)16-13-18(22-19-16,14-9-5-3-6-10-14)15-11-7-4-8-12-15;1-29-13-8-14(30-2)20-16(19-13)21-17(24)22-33(27,28)12-7-10(9-18-32(4,25)26)5-6-11(12)15(23)31-3;1-9-10(15(20)11-8-17-19(2)16(11)21)4-5-13(25(3,22)23)14(9)12-6-7-24-18-12/h13-14H,7-12H2,1-6H3;3-12H,2,13H2,1H3;5-8,18H,9H2,1-4H3,(H2,19,20,21,22,24);4-5,8,21H,6-7H2,1-3H3. The first-order chi connectivity index (χ1) is 51.5. The van der Waals surface area contributed by atoms with Crippen LogP contribution in [-0.2, 0) is 108 Å². The van der Waals surface area contributed by atoms with Gasteiger partial charge in [-0.2, -0.15) is 15.1 Å². The molecule has 5 aromatic carbocycles. The molecule has 32 nitrogen and oxygen atoms in total. The highest BCUT2D eigenvalue weighted by Gasteiger charge is 2.45. The summed E-state index contributed by atoms with van der Waals surface area (Å²) >= 11 is 0. The molecule has 0 spiro atoms. The molecule has 8 aromatic rings. The van der Waals surface area contributed by atoms with Crippen molar-refractivity contribution in [2.45, 2.75) is 116 Å². The number of fused-ring (bicyclic) bond motifs is 1. The number of hydrogen-bond donors (Lipinski definition) is 4. The van der Waals surface area contributed by atoms with Crippen LogP contribution in [0.2, 0.25) is 0 Å². The lowest BCUT2D eigenvalue weighted by atomic mass is 9.82. The fraction of sp³-hybridized carbons (Fsp3) is 0.365. The highest BCUT2D eigenvalue weighted by Crippen LogP contribution is 2.42. The summed E-state index contributed by atoms with van der Waals surface area (Å²) in [5.74, 6) is -2.35. The van der Waals surface area contributed by atoms with E-state index in [0.29, 0.717) is 86.4 Å². The van der Waals surface area contributed by atoms with E-state index in [9.17, 15) is 59.1 Å². The maximum absolute atomic E-state index is 13.5. The first-order valence-corrected chi connectivity index (χ1v) is 39.4. The first-order valence-electron chi connectivity index (χ1n) is 34.1. The number of amides is 2. The van der Waals surface area contributed by atoms with Crippen LogP contribution in [0.25, 0.3) is 11.1 Å². The molecule has 3 aromatic heterocycles. The Balaban J connectivity index is 0.000000185. The van der Waals surface area contributed by atoms with E-state index in [1.54, 1.807) is 27.9 Å². The van der Waals surface area contributed by atoms with Gasteiger partial charge in [0.1, 0.15) is 22.6 Å². The van der Waals surface area contributed by atoms with E-state index >= 15 is 0 Å². The molecule has 109 heavy (non-hydrogen) atoms. The molecule has 0 atom stereocenters. The van der Waals surface area contributed by atoms with Crippen LogP contribution < -0.4 is 34.5 Å². The molecular weight excluding hydrogens is 1480 g/mol. The van der Waals surface area contributed by atoms with Crippen molar-refractivity contribution in [1.82, 2.24) is 38.6 Å². The van der Waals surface area contributed by atoms with Gasteiger partial charge in [0.05, 0.1) is 101 Å². The van der Waals surface area contributed by atoms with E-state index in [1.807, 2.05) is 81.4 Å². The number of nitrogens with one attached hydrogen (secondary N) is 3. The summed E-state index contributed by atoms with van der Waals surface area (Å²) in [6.45, 7) is 17.4. The molecule has 11 rings (SSSR count). The van der Waals surface area contributed by atoms with Gasteiger partial charge in [0, 0.05) is 48.5 Å². The highest BCUT2D eigenvalue weighted by molar-refractivity contribution is 7.91. The molecule has 0 fully saturated rings. The van der Waals surface area contributed by atoms with Crippen LogP contribution in [0.15, 0.2) is 140 Å². The number of ether oxygens (including phenoxy) is 6. The molecule has 3 aliphatic heterocycles. The Labute approximate surface area is 630 Å². The van der Waals surface area contributed by atoms with Crippen molar-refractivity contribution in [2.75, 3.05) is 65.6 Å². The maximum atomic E-state index is 13.5. The summed E-state index contributed by atoms with van der Waals surface area (Å²) in [5.41, 5.74) is 6.95. The average molecular weight is 1560 g/mol. The highest BCUT2D eigenvalue weighted by atomic mass is 32.2. The summed E-state index contributed by atoms with van der Waals surface area (Å²) in [6.07, 6.45) is 5.72. The second-order valence-corrected chi connectivity index (χ2v) is 31.3. The van der Waals surface area contributed by atoms with Crippen LogP contribution in [0.4, 0.5) is 10.7 Å². The summed E-state index contributed by atoms with van der Waals surface area (Å²) in [5, 5.41) is 23.9. The van der Waals surface area contributed by atoms with Crippen molar-refractivity contribution >= 4 is 77.0 Å². The zero-order valence-electron chi connectivity index (χ0n) is 62.7. The quantitative estimate of drug-likeness (QED) is 0.0390. The maximum Gasteiger partial charge on any atom is 0.356 e. The Hall–Kier alpha value is -11.1. The molecule has 4 N–H and O–H groups in total. The minimum absolute atomic E-state index is 0.0408. The molecular formula is C74H87N11O21S3. The number of sulfonamides is 2. The van der Waals surface area contributed by atoms with Crippen molar-refractivity contribution in [1.29, 1.82) is 0 Å². The number of nitrogens with zero attached hydrogens (tertiary/aromatic N) is 8. The van der Waals surface area contributed by atoms with Crippen molar-refractivity contribution in [3.05, 3.63) is 187 Å². The SMILES string of the molecule is CCOC(=O)C1=NOC(c2ccccc2)(c2ccccc2)C1.CCc1cc(C)cc(CC)c1-c1c(OC(=O)C(C)(C)C)n2n(c1=O)CCOCC2.COC(=O)c1ccc(CNS(C)(=O)=O)cc1S(=O)(=O)NC(=O)Nc1nc(OC)cc(OC)n1.Cc1c(C(=O)c2cnn(C)c2O)ccc(S(C)(=O)=O)c1C1=NOCC1. The number of oxime groups is 2. The number of rotatable bonds is 21. The molecule has 6 heterocycles. The van der Waals surface area contributed by atoms with Gasteiger partial charge in [-0.05, 0) is 106 Å². The molecule has 2 amide bonds. The minimum atomic E-state index is -4.63. The third-order valence-corrected chi connectivity index (χ3v) is 20.2. The van der Waals surface area contributed by atoms with Gasteiger partial charge in [-0.15, -0.1) is 0 Å². The monoisotopic (exact) mass is 1560 g/mol. The lowest BCUT2D eigenvalue weighted by Crippen LogP contribution is -2.35. The number of hydrogen-bond acceptors (Lipinski definition) is 26. The number of ketones is 1. The minimum Gasteiger partial charge on any atom is -0.493 e. The number of esters is 3. The number of urea groups is 1. The third kappa shape index (κ3) is 20.2. The predicted molar refractivity (Wildman–Crippen MR) is 401 cm³/mol. The molecule has 582 valence electrons. The van der Waals surface area contributed by atoms with Crippen LogP contribution in [0, 0.1) is 19.3 Å². The normalized spacial score (nSPS) is 13.7. The Morgan fingerprint density at radius 3 is 1.81 bits per heavy atom. The molecule has 0 unspecified atom stereocenters. The molecule has 0 radical (unpaired) electrons. The average Bonchev–Trinajstić information content (AvgIpc) is 1.68. The second-order valence-electron chi connectivity index (χ2n) is 25.8. The van der Waals surface area contributed by atoms with Crippen LogP contribution in [0.3, 0.4) is 0 Å². The van der Waals surface area contributed by atoms with E-state index in [4.69, 9.17) is 33.4 Å². The lowest BCUT2D eigenvalue weighted by molar-refractivity contribution is -0.143. The second kappa shape index (κ2) is 35.7. The number of methoxy groups -OCH3 is 3. The number of anilines is 1. The van der Waals surface area contributed by atoms with Crippen LogP contribution in [-0.4, -0.2) is 161 Å². The van der Waals surface area contributed by atoms with Gasteiger partial charge in [-0.25, -0.2) is 63.1 Å². The van der Waals surface area contributed by atoms with Gasteiger partial charge < -0.3 is 43.2 Å². The topological polar surface area (TPSA) is 413 Å². The van der Waals surface area contributed by atoms with E-state index in [0.717, 1.165) is 72.4 Å². The van der Waals surface area contributed by atoms with Crippen LogP contribution in [0.1, 0.15) is 125 Å². The van der Waals surface area contributed by atoms with E-state index in [2.05, 4.69) is 73.1 Å². The molecule has 35 heteroatoms. The van der Waals surface area contributed by atoms with Crippen molar-refractivity contribution in [2.24, 2.45) is 22.8 Å². The summed E-state index contributed by atoms with van der Waals surface area (Å²) in [7, 11) is -6.53. The summed E-state index contributed by atoms with van der Waals surface area (Å²) in [4.78, 5) is 93.4. The van der Waals surface area contributed by atoms with Gasteiger partial charge in [-0.1, -0.05) is 109 Å². The van der Waals surface area contributed by atoms with Crippen LogP contribution >= 0.6 is 0 Å². The smallest absolute Gasteiger partial charge is 0.356 e. The Morgan fingerprint density at radius 2 is 1.29 bits per heavy atom. The number of aromatic nitrogens is 6. The van der Waals surface area contributed by atoms with Gasteiger partial charge in [0.2, 0.25) is 39.5 Å². The summed E-state index contributed by atoms with van der Waals surface area (Å²) < 4.78 is 112. The predicted octanol–water partition coefficient (Wildman–Crippen LogP) is 8.03. The molecule has 0 saturated heterocycles. The van der Waals surface area contributed by atoms with Gasteiger partial charge in [0.25, 0.3) is 15.6 Å². The van der Waals surface area contributed by atoms with E-state index in [1.165, 1.54) is 62.0 Å². The number of aromatic hydroxyl groups is 1. The molecule has 0 aliphatic carbocycles. The van der Waals surface area contributed by atoms with Crippen molar-refractivity contribution < 1.29 is 92.4 Å². The third-order valence-electron chi connectivity index (χ3n) is 17.0. The Morgan fingerprint density at radius 1 is 0.697 bits per heavy atom. The molecule has 0 saturated carbocycles. The van der Waals surface area contributed by atoms with Crippen molar-refractivity contribution in [3.8, 4) is 34.6 Å². The first kappa shape index (κ1) is 83.5. The molecule has 0 bridgehead atoms. The zero-order chi connectivity index (χ0) is 79.9. The lowest BCUT2D eigenvalue weighted by Gasteiger charge is -2.27. The molecule has 3 aliphatic rings. The number of carbonyl (C=O) groups excluding carboxylic acids is 5. The Bertz CT molecular complexity index is 5120. The van der Waals surface area contributed by atoms with Crippen molar-refractivity contribution in [3.63, 3.8) is 0 Å². The number of carbonyl (C=O) groups is 5. The van der Waals surface area contributed by atoms with E-state index in [-0.39, 0.29) is 68.8 Å². The van der Waals surface area contributed by atoms with E-state index < -0.39 is 69.5 Å². The largest absolute Gasteiger partial charge is 0.493 e. The summed E-state index contributed by atoms with van der Waals surface area (Å²) in [6, 6.07) is 30.3. The van der Waals surface area contributed by atoms with Gasteiger partial charge >= 0.3 is 23.9 Å². The Kier molecular flexibility index (Phi) is 27.4. The number of sulfone groups is 1. The van der Waals surface area contributed by atoms with Gasteiger partial charge in [-0.3, -0.25) is 19.7 Å². The zero-order valence-corrected chi connectivity index (χ0v) is 65.1. The fourth-order valence-corrected chi connectivity index (χ4v) is 14.2. The number of benzene rings is 5. The van der Waals surface area contributed by atoms with Gasteiger partial charge in [0.15, 0.2) is 26.9 Å². The van der Waals surface area contributed by atoms with Crippen LogP contribution in [0.5, 0.6) is 23.5 Å².